The maximum absolute atomic E-state index is 12.3. The van der Waals surface area contributed by atoms with Gasteiger partial charge in [-0.25, -0.2) is 9.48 Å². The van der Waals surface area contributed by atoms with Crippen LogP contribution >= 0.6 is 0 Å². The molecule has 1 saturated heterocycles. The second kappa shape index (κ2) is 7.27. The normalized spacial score (nSPS) is 17.7. The third-order valence-electron chi connectivity index (χ3n) is 3.98. The lowest BCUT2D eigenvalue weighted by Gasteiger charge is -2.30. The average molecular weight is 329 g/mol. The Kier molecular flexibility index (Phi) is 4.90. The minimum atomic E-state index is -1.03. The second-order valence-corrected chi connectivity index (χ2v) is 5.67. The van der Waals surface area contributed by atoms with Crippen LogP contribution in [-0.2, 0) is 20.7 Å². The van der Waals surface area contributed by atoms with Crippen LogP contribution in [0.25, 0.3) is 5.69 Å². The molecule has 1 aliphatic rings. The standard InChI is InChI=1S/C17H19N3O4/c21-16(19-8-9-24-15(12-19)17(22)23)7-6-13-10-18-20(11-13)14-4-2-1-3-5-14/h1-5,10-11,15H,6-9,12H2,(H,22,23)/t15-/m0/s1. The zero-order valence-electron chi connectivity index (χ0n) is 13.2. The molecule has 0 spiro atoms. The van der Waals surface area contributed by atoms with Gasteiger partial charge in [-0.05, 0) is 24.1 Å². The van der Waals surface area contributed by atoms with Gasteiger partial charge in [0.05, 0.1) is 25.0 Å². The van der Waals surface area contributed by atoms with E-state index < -0.39 is 12.1 Å². The number of aliphatic carboxylic acids is 1. The van der Waals surface area contributed by atoms with Crippen LogP contribution in [0.15, 0.2) is 42.7 Å². The number of carboxylic acid groups (broad SMARTS) is 1. The molecule has 1 aromatic heterocycles. The minimum Gasteiger partial charge on any atom is -0.479 e. The van der Waals surface area contributed by atoms with E-state index in [4.69, 9.17) is 9.84 Å². The van der Waals surface area contributed by atoms with Crippen molar-refractivity contribution in [2.75, 3.05) is 19.7 Å². The van der Waals surface area contributed by atoms with Gasteiger partial charge in [0.15, 0.2) is 6.10 Å². The van der Waals surface area contributed by atoms with Gasteiger partial charge in [0.25, 0.3) is 0 Å². The summed E-state index contributed by atoms with van der Waals surface area (Å²) in [5.74, 6) is -1.09. The number of hydrogen-bond donors (Lipinski definition) is 1. The van der Waals surface area contributed by atoms with E-state index in [0.29, 0.717) is 19.4 Å². The fraction of sp³-hybridized carbons (Fsp3) is 0.353. The highest BCUT2D eigenvalue weighted by Crippen LogP contribution is 2.12. The predicted octanol–water partition coefficient (Wildman–Crippen LogP) is 1.12. The molecule has 0 aliphatic carbocycles. The molecule has 1 aromatic carbocycles. The number of rotatable bonds is 5. The summed E-state index contributed by atoms with van der Waals surface area (Å²) >= 11 is 0. The van der Waals surface area contributed by atoms with Gasteiger partial charge in [-0.2, -0.15) is 5.10 Å². The van der Waals surface area contributed by atoms with Crippen molar-refractivity contribution in [1.82, 2.24) is 14.7 Å². The summed E-state index contributed by atoms with van der Waals surface area (Å²) in [6, 6.07) is 9.75. The van der Waals surface area contributed by atoms with E-state index in [1.807, 2.05) is 36.5 Å². The third-order valence-corrected chi connectivity index (χ3v) is 3.98. The molecule has 1 aliphatic heterocycles. The van der Waals surface area contributed by atoms with Crippen molar-refractivity contribution in [1.29, 1.82) is 0 Å². The predicted molar refractivity (Wildman–Crippen MR) is 85.8 cm³/mol. The molecule has 1 atom stereocenters. The molecular formula is C17H19N3O4. The number of carbonyl (C=O) groups excluding carboxylic acids is 1. The number of morpholine rings is 1. The number of ether oxygens (including phenoxy) is 1. The molecular weight excluding hydrogens is 310 g/mol. The molecule has 1 N–H and O–H groups in total. The molecule has 3 rings (SSSR count). The molecule has 7 nitrogen and oxygen atoms in total. The molecule has 2 aromatic rings. The van der Waals surface area contributed by atoms with Crippen LogP contribution in [0.4, 0.5) is 0 Å². The number of nitrogens with zero attached hydrogens (tertiary/aromatic N) is 3. The van der Waals surface area contributed by atoms with E-state index in [1.54, 1.807) is 15.8 Å². The van der Waals surface area contributed by atoms with Gasteiger partial charge >= 0.3 is 5.97 Å². The van der Waals surface area contributed by atoms with Gasteiger partial charge in [0, 0.05) is 19.2 Å². The number of aryl methyl sites for hydroxylation is 1. The number of hydrogen-bond acceptors (Lipinski definition) is 4. The fourth-order valence-corrected chi connectivity index (χ4v) is 2.65. The quantitative estimate of drug-likeness (QED) is 0.888. The summed E-state index contributed by atoms with van der Waals surface area (Å²) in [7, 11) is 0. The summed E-state index contributed by atoms with van der Waals surface area (Å²) in [5.41, 5.74) is 1.93. The van der Waals surface area contributed by atoms with Gasteiger partial charge in [-0.15, -0.1) is 0 Å². The number of carboxylic acids is 1. The molecule has 2 heterocycles. The average Bonchev–Trinajstić information content (AvgIpc) is 3.09. The monoisotopic (exact) mass is 329 g/mol. The van der Waals surface area contributed by atoms with Crippen molar-refractivity contribution >= 4 is 11.9 Å². The van der Waals surface area contributed by atoms with Crippen molar-refractivity contribution in [2.24, 2.45) is 0 Å². The molecule has 0 saturated carbocycles. The molecule has 126 valence electrons. The first-order valence-electron chi connectivity index (χ1n) is 7.84. The second-order valence-electron chi connectivity index (χ2n) is 5.67. The number of benzene rings is 1. The van der Waals surface area contributed by atoms with E-state index >= 15 is 0 Å². The molecule has 0 bridgehead atoms. The highest BCUT2D eigenvalue weighted by atomic mass is 16.5. The first kappa shape index (κ1) is 16.2. The largest absolute Gasteiger partial charge is 0.479 e. The minimum absolute atomic E-state index is 0.0583. The lowest BCUT2D eigenvalue weighted by atomic mass is 10.1. The lowest BCUT2D eigenvalue weighted by Crippen LogP contribution is -2.48. The SMILES string of the molecule is O=C(O)[C@@H]1CN(C(=O)CCc2cnn(-c3ccccc3)c2)CCO1. The highest BCUT2D eigenvalue weighted by Gasteiger charge is 2.28. The highest BCUT2D eigenvalue weighted by molar-refractivity contribution is 5.78. The maximum atomic E-state index is 12.3. The van der Waals surface area contributed by atoms with Gasteiger partial charge in [0.1, 0.15) is 0 Å². The van der Waals surface area contributed by atoms with Gasteiger partial charge in [0.2, 0.25) is 5.91 Å². The van der Waals surface area contributed by atoms with Crippen LogP contribution in [0.3, 0.4) is 0 Å². The van der Waals surface area contributed by atoms with Crippen molar-refractivity contribution in [3.05, 3.63) is 48.3 Å². The van der Waals surface area contributed by atoms with E-state index in [9.17, 15) is 9.59 Å². The Bertz CT molecular complexity index is 714. The van der Waals surface area contributed by atoms with Gasteiger partial charge < -0.3 is 14.7 Å². The number of aromatic nitrogens is 2. The molecule has 0 unspecified atom stereocenters. The van der Waals surface area contributed by atoms with E-state index in [0.717, 1.165) is 11.3 Å². The van der Waals surface area contributed by atoms with Crippen molar-refractivity contribution in [3.63, 3.8) is 0 Å². The summed E-state index contributed by atoms with van der Waals surface area (Å²) < 4.78 is 6.90. The first-order chi connectivity index (χ1) is 11.6. The zero-order chi connectivity index (χ0) is 16.9. The summed E-state index contributed by atoms with van der Waals surface area (Å²) in [6.45, 7) is 0.804. The van der Waals surface area contributed by atoms with Crippen molar-refractivity contribution in [2.45, 2.75) is 18.9 Å². The Labute approximate surface area is 139 Å². The maximum Gasteiger partial charge on any atom is 0.334 e. The molecule has 24 heavy (non-hydrogen) atoms. The molecule has 7 heteroatoms. The molecule has 1 fully saturated rings. The van der Waals surface area contributed by atoms with E-state index in [-0.39, 0.29) is 19.1 Å². The van der Waals surface area contributed by atoms with Crippen LogP contribution in [-0.4, -0.2) is 57.5 Å². The Morgan fingerprint density at radius 1 is 1.29 bits per heavy atom. The number of amides is 1. The number of carbonyl (C=O) groups is 2. The van der Waals surface area contributed by atoms with E-state index in [1.165, 1.54) is 0 Å². The smallest absolute Gasteiger partial charge is 0.334 e. The van der Waals surface area contributed by atoms with Crippen LogP contribution in [0.2, 0.25) is 0 Å². The summed E-state index contributed by atoms with van der Waals surface area (Å²) in [6.07, 6.45) is 3.62. The van der Waals surface area contributed by atoms with Crippen molar-refractivity contribution < 1.29 is 19.4 Å². The number of para-hydroxylation sites is 1. The first-order valence-corrected chi connectivity index (χ1v) is 7.84. The molecule has 0 radical (unpaired) electrons. The third kappa shape index (κ3) is 3.80. The van der Waals surface area contributed by atoms with Gasteiger partial charge in [-0.1, -0.05) is 18.2 Å². The Morgan fingerprint density at radius 3 is 2.83 bits per heavy atom. The summed E-state index contributed by atoms with van der Waals surface area (Å²) in [5, 5.41) is 13.3. The lowest BCUT2D eigenvalue weighted by molar-refractivity contribution is -0.159. The zero-order valence-corrected chi connectivity index (χ0v) is 13.2. The van der Waals surface area contributed by atoms with Crippen LogP contribution in [0, 0.1) is 0 Å². The van der Waals surface area contributed by atoms with Crippen LogP contribution in [0.5, 0.6) is 0 Å². The Hall–Kier alpha value is -2.67. The van der Waals surface area contributed by atoms with Gasteiger partial charge in [-0.3, -0.25) is 4.79 Å². The Balaban J connectivity index is 1.55. The molecule has 1 amide bonds. The van der Waals surface area contributed by atoms with Crippen LogP contribution in [0.1, 0.15) is 12.0 Å². The Morgan fingerprint density at radius 2 is 2.08 bits per heavy atom. The van der Waals surface area contributed by atoms with Crippen LogP contribution < -0.4 is 0 Å². The summed E-state index contributed by atoms with van der Waals surface area (Å²) in [4.78, 5) is 24.8. The topological polar surface area (TPSA) is 84.7 Å². The van der Waals surface area contributed by atoms with Crippen molar-refractivity contribution in [3.8, 4) is 5.69 Å². The van der Waals surface area contributed by atoms with E-state index in [2.05, 4.69) is 5.10 Å². The fourth-order valence-electron chi connectivity index (χ4n) is 2.65.